The molecule has 2 aliphatic heterocycles. The van der Waals surface area contributed by atoms with Crippen molar-refractivity contribution >= 4 is 46.6 Å². The van der Waals surface area contributed by atoms with Gasteiger partial charge in [0.2, 0.25) is 0 Å². The fourth-order valence-corrected chi connectivity index (χ4v) is 10.6. The molecule has 1 radical (unpaired) electrons. The second-order valence-corrected chi connectivity index (χ2v) is 18.8. The Bertz CT molecular complexity index is 2580. The second kappa shape index (κ2) is 11.0. The van der Waals surface area contributed by atoms with Crippen molar-refractivity contribution in [3.05, 3.63) is 148 Å². The van der Waals surface area contributed by atoms with Crippen molar-refractivity contribution in [2.75, 3.05) is 10.2 Å². The van der Waals surface area contributed by atoms with Crippen LogP contribution in [0.4, 0.5) is 28.4 Å². The molecule has 0 spiro atoms. The topological polar surface area (TPSA) is 15.3 Å². The summed E-state index contributed by atoms with van der Waals surface area (Å²) in [7, 11) is 2.46. The van der Waals surface area contributed by atoms with E-state index in [4.69, 9.17) is 0 Å². The Hall–Kier alpha value is -5.02. The first kappa shape index (κ1) is 33.5. The lowest BCUT2D eigenvalue weighted by atomic mass is 9.55. The molecule has 0 aromatic heterocycles. The number of nitrogens with zero attached hydrogens (tertiary/aromatic N) is 1. The molecular formula is C51H50BN2. The van der Waals surface area contributed by atoms with Gasteiger partial charge in [-0.15, -0.1) is 0 Å². The third-order valence-electron chi connectivity index (χ3n) is 13.8. The summed E-state index contributed by atoms with van der Waals surface area (Å²) in [6.07, 6.45) is 2.40. The summed E-state index contributed by atoms with van der Waals surface area (Å²) in [5.41, 5.74) is 23.7. The lowest BCUT2D eigenvalue weighted by Gasteiger charge is -2.46. The Kier molecular flexibility index (Phi) is 6.85. The number of anilines is 5. The molecule has 0 saturated heterocycles. The molecule has 0 atom stereocenters. The summed E-state index contributed by atoms with van der Waals surface area (Å²) >= 11 is 0. The molecule has 4 aliphatic rings. The Morgan fingerprint density at radius 2 is 1.20 bits per heavy atom. The maximum absolute atomic E-state index is 4.16. The summed E-state index contributed by atoms with van der Waals surface area (Å²) in [6.45, 7) is 21.5. The van der Waals surface area contributed by atoms with Crippen LogP contribution in [0.5, 0.6) is 0 Å². The van der Waals surface area contributed by atoms with E-state index in [9.17, 15) is 0 Å². The van der Waals surface area contributed by atoms with E-state index in [2.05, 4.69) is 189 Å². The monoisotopic (exact) mass is 701 g/mol. The third-order valence-corrected chi connectivity index (χ3v) is 13.8. The fourth-order valence-electron chi connectivity index (χ4n) is 10.6. The van der Waals surface area contributed by atoms with Crippen LogP contribution in [0.25, 0.3) is 22.3 Å². The summed E-state index contributed by atoms with van der Waals surface area (Å²) in [5, 5.41) is 4.16. The van der Waals surface area contributed by atoms with Gasteiger partial charge in [0.25, 0.3) is 0 Å². The summed E-state index contributed by atoms with van der Waals surface area (Å²) in [4.78, 5) is 2.56. The van der Waals surface area contributed by atoms with E-state index in [0.29, 0.717) is 0 Å². The SMILES string of the molecule is Cc1cc(-c2ccc3c(c2Nc2ccc4c(c2)C(C)(C)CCC4(C)C)-c2ccccc2C3(C)C)c2c(c1)N1c3ccccc3C(C)(C)c3cccc(c31)[B]2. The van der Waals surface area contributed by atoms with Crippen molar-refractivity contribution < 1.29 is 0 Å². The first-order valence-electron chi connectivity index (χ1n) is 19.9. The molecule has 6 aromatic carbocycles. The fraction of sp³-hybridized carbons (Fsp3) is 0.294. The average Bonchev–Trinajstić information content (AvgIpc) is 3.38. The molecule has 2 nitrogen and oxygen atoms in total. The Labute approximate surface area is 322 Å². The van der Waals surface area contributed by atoms with Crippen LogP contribution in [0.15, 0.2) is 109 Å². The van der Waals surface area contributed by atoms with E-state index in [1.807, 2.05) is 0 Å². The van der Waals surface area contributed by atoms with Gasteiger partial charge < -0.3 is 10.2 Å². The Morgan fingerprint density at radius 1 is 0.537 bits per heavy atom. The van der Waals surface area contributed by atoms with Crippen LogP contribution in [0.3, 0.4) is 0 Å². The van der Waals surface area contributed by atoms with Crippen molar-refractivity contribution in [2.45, 2.75) is 96.8 Å². The molecule has 2 aliphatic carbocycles. The number of rotatable bonds is 3. The van der Waals surface area contributed by atoms with E-state index >= 15 is 0 Å². The molecule has 10 rings (SSSR count). The van der Waals surface area contributed by atoms with Crippen molar-refractivity contribution in [2.24, 2.45) is 0 Å². The van der Waals surface area contributed by atoms with Crippen molar-refractivity contribution in [3.8, 4) is 22.3 Å². The number of para-hydroxylation sites is 2. The van der Waals surface area contributed by atoms with Crippen LogP contribution >= 0.6 is 0 Å². The number of benzene rings is 6. The lowest BCUT2D eigenvalue weighted by Crippen LogP contribution is -2.45. The normalized spacial score (nSPS) is 18.3. The zero-order valence-electron chi connectivity index (χ0n) is 33.3. The molecule has 0 bridgehead atoms. The second-order valence-electron chi connectivity index (χ2n) is 18.8. The number of hydrogen-bond acceptors (Lipinski definition) is 2. The predicted octanol–water partition coefficient (Wildman–Crippen LogP) is 12.1. The molecule has 54 heavy (non-hydrogen) atoms. The van der Waals surface area contributed by atoms with Gasteiger partial charge in [-0.2, -0.15) is 0 Å². The largest absolute Gasteiger partial charge is 0.354 e. The summed E-state index contributed by atoms with van der Waals surface area (Å²) < 4.78 is 0. The van der Waals surface area contributed by atoms with Gasteiger partial charge in [0.05, 0.1) is 11.4 Å². The van der Waals surface area contributed by atoms with E-state index < -0.39 is 0 Å². The Balaban J connectivity index is 1.23. The molecule has 267 valence electrons. The zero-order valence-corrected chi connectivity index (χ0v) is 33.3. The van der Waals surface area contributed by atoms with Gasteiger partial charge in [-0.3, -0.25) is 0 Å². The van der Waals surface area contributed by atoms with Crippen LogP contribution in [-0.4, -0.2) is 7.28 Å². The van der Waals surface area contributed by atoms with Gasteiger partial charge in [0.15, 0.2) is 7.28 Å². The van der Waals surface area contributed by atoms with Gasteiger partial charge in [-0.05, 0) is 110 Å². The van der Waals surface area contributed by atoms with Crippen molar-refractivity contribution in [1.29, 1.82) is 0 Å². The lowest BCUT2D eigenvalue weighted by molar-refractivity contribution is 0.332. The van der Waals surface area contributed by atoms with Gasteiger partial charge in [-0.1, -0.05) is 146 Å². The smallest absolute Gasteiger partial charge is 0.197 e. The number of aryl methyl sites for hydroxylation is 1. The molecule has 1 N–H and O–H groups in total. The van der Waals surface area contributed by atoms with E-state index in [0.717, 1.165) is 5.69 Å². The van der Waals surface area contributed by atoms with Gasteiger partial charge in [-0.25, -0.2) is 0 Å². The number of fused-ring (bicyclic) bond motifs is 8. The van der Waals surface area contributed by atoms with E-state index in [-0.39, 0.29) is 21.7 Å². The van der Waals surface area contributed by atoms with Crippen LogP contribution in [0.2, 0.25) is 0 Å². The molecule has 6 aromatic rings. The summed E-state index contributed by atoms with van der Waals surface area (Å²) in [6, 6.07) is 41.8. The van der Waals surface area contributed by atoms with E-state index in [1.54, 1.807) is 0 Å². The molecular weight excluding hydrogens is 651 g/mol. The average molecular weight is 702 g/mol. The highest BCUT2D eigenvalue weighted by atomic mass is 15.2. The highest BCUT2D eigenvalue weighted by molar-refractivity contribution is 6.73. The number of nitrogens with one attached hydrogen (secondary N) is 1. The highest BCUT2D eigenvalue weighted by Gasteiger charge is 2.43. The van der Waals surface area contributed by atoms with Crippen LogP contribution < -0.4 is 21.1 Å². The minimum Gasteiger partial charge on any atom is -0.354 e. The molecule has 0 unspecified atom stereocenters. The summed E-state index contributed by atoms with van der Waals surface area (Å²) in [5.74, 6) is 0. The number of hydrogen-bond donors (Lipinski definition) is 1. The van der Waals surface area contributed by atoms with Crippen molar-refractivity contribution in [1.82, 2.24) is 0 Å². The van der Waals surface area contributed by atoms with Crippen LogP contribution in [0, 0.1) is 6.92 Å². The molecule has 0 saturated carbocycles. The molecule has 0 amide bonds. The minimum absolute atomic E-state index is 0.105. The molecule has 3 heteroatoms. The van der Waals surface area contributed by atoms with Crippen LogP contribution in [0.1, 0.15) is 107 Å². The standard InChI is InChI=1S/C51H50BN2/c1-30-27-34(45-43(28-30)54-42-20-13-12-17-37(42)51(8,9)39-18-14-19-41(52-45)47(39)54)32-22-24-38-44(33-15-10-11-16-35(33)50(38,6)7)46(32)53-31-21-23-36-40(29-31)49(4,5)26-25-48(36,2)3/h10-24,27-29,53H,25-26H2,1-9H3. The van der Waals surface area contributed by atoms with Gasteiger partial charge >= 0.3 is 0 Å². The minimum atomic E-state index is -0.111. The molecule has 2 heterocycles. The zero-order chi connectivity index (χ0) is 37.5. The highest BCUT2D eigenvalue weighted by Crippen LogP contribution is 2.56. The first-order chi connectivity index (χ1) is 25.7. The molecule has 0 fully saturated rings. The first-order valence-corrected chi connectivity index (χ1v) is 19.9. The van der Waals surface area contributed by atoms with Gasteiger partial charge in [0, 0.05) is 39.0 Å². The van der Waals surface area contributed by atoms with Crippen LogP contribution in [-0.2, 0) is 21.7 Å². The van der Waals surface area contributed by atoms with E-state index in [1.165, 1.54) is 108 Å². The Morgan fingerprint density at radius 3 is 2.00 bits per heavy atom. The maximum atomic E-state index is 4.16. The third kappa shape index (κ3) is 4.54. The maximum Gasteiger partial charge on any atom is 0.197 e. The van der Waals surface area contributed by atoms with Crippen molar-refractivity contribution in [3.63, 3.8) is 0 Å². The predicted molar refractivity (Wildman–Crippen MR) is 231 cm³/mol. The quantitative estimate of drug-likeness (QED) is 0.185. The van der Waals surface area contributed by atoms with Gasteiger partial charge in [0.1, 0.15) is 0 Å².